The molecule has 0 aromatic carbocycles. The van der Waals surface area contributed by atoms with Gasteiger partial charge in [-0.05, 0) is 96.3 Å². The molecule has 0 radical (unpaired) electrons. The predicted molar refractivity (Wildman–Crippen MR) is 331 cm³/mol. The number of carbonyl (C=O) groups is 1. The van der Waals surface area contributed by atoms with Crippen LogP contribution in [0.15, 0.2) is 134 Å². The van der Waals surface area contributed by atoms with Gasteiger partial charge in [-0.15, -0.1) is 0 Å². The Balaban J connectivity index is 1.57. The molecule has 2 heterocycles. The van der Waals surface area contributed by atoms with Crippen LogP contribution >= 0.6 is 0 Å². The summed E-state index contributed by atoms with van der Waals surface area (Å²) >= 11 is 0. The van der Waals surface area contributed by atoms with Crippen molar-refractivity contribution in [3.05, 3.63) is 134 Å². The fraction of sp³-hybridized carbons (Fsp3) is 0.662. The molecule has 0 aromatic rings. The summed E-state index contributed by atoms with van der Waals surface area (Å²) in [7, 11) is 0. The van der Waals surface area contributed by atoms with Gasteiger partial charge in [0.25, 0.3) is 0 Å². The zero-order chi connectivity index (χ0) is 59.5. The number of hydrogen-bond donors (Lipinski definition) is 9. The van der Waals surface area contributed by atoms with Crippen LogP contribution in [0.5, 0.6) is 0 Å². The molecule has 2 aliphatic rings. The summed E-state index contributed by atoms with van der Waals surface area (Å²) in [5.74, 6) is -0.229. The van der Waals surface area contributed by atoms with E-state index in [1.165, 1.54) is 19.3 Å². The number of ether oxygens (including phenoxy) is 4. The zero-order valence-corrected chi connectivity index (χ0v) is 50.2. The van der Waals surface area contributed by atoms with Gasteiger partial charge in [-0.3, -0.25) is 4.79 Å². The Bertz CT molecular complexity index is 1880. The number of unbranched alkanes of at least 4 members (excludes halogenated alkanes) is 13. The summed E-state index contributed by atoms with van der Waals surface area (Å²) in [6.45, 7) is 2.65. The number of amides is 1. The van der Waals surface area contributed by atoms with Gasteiger partial charge < -0.3 is 65.1 Å². The van der Waals surface area contributed by atoms with E-state index in [4.69, 9.17) is 18.9 Å². The summed E-state index contributed by atoms with van der Waals surface area (Å²) < 4.78 is 22.7. The minimum absolute atomic E-state index is 0.229. The second kappa shape index (κ2) is 51.5. The first-order chi connectivity index (χ1) is 40.1. The monoisotopic (exact) mass is 1150 g/mol. The maximum absolute atomic E-state index is 13.2. The van der Waals surface area contributed by atoms with Crippen molar-refractivity contribution in [2.24, 2.45) is 0 Å². The molecular weight excluding hydrogens is 1040 g/mol. The fourth-order valence-corrected chi connectivity index (χ4v) is 9.36. The molecule has 9 N–H and O–H groups in total. The van der Waals surface area contributed by atoms with Crippen LogP contribution in [0.1, 0.15) is 194 Å². The lowest BCUT2D eigenvalue weighted by molar-refractivity contribution is -0.359. The van der Waals surface area contributed by atoms with Crippen molar-refractivity contribution in [3.8, 4) is 0 Å². The van der Waals surface area contributed by atoms with E-state index in [0.29, 0.717) is 12.8 Å². The van der Waals surface area contributed by atoms with Crippen molar-refractivity contribution in [3.63, 3.8) is 0 Å². The van der Waals surface area contributed by atoms with Crippen molar-refractivity contribution in [2.75, 3.05) is 19.8 Å². The van der Waals surface area contributed by atoms with Crippen molar-refractivity contribution >= 4 is 5.91 Å². The van der Waals surface area contributed by atoms with Crippen molar-refractivity contribution < 1.29 is 64.6 Å². The summed E-state index contributed by atoms with van der Waals surface area (Å²) in [6, 6.07) is -0.841. The van der Waals surface area contributed by atoms with E-state index >= 15 is 0 Å². The van der Waals surface area contributed by atoms with Gasteiger partial charge in [-0.2, -0.15) is 0 Å². The van der Waals surface area contributed by atoms with Gasteiger partial charge in [0.2, 0.25) is 5.91 Å². The van der Waals surface area contributed by atoms with Crippen molar-refractivity contribution in [1.82, 2.24) is 5.32 Å². The van der Waals surface area contributed by atoms with Gasteiger partial charge >= 0.3 is 0 Å². The van der Waals surface area contributed by atoms with E-state index in [-0.39, 0.29) is 18.9 Å². The van der Waals surface area contributed by atoms with Gasteiger partial charge in [-0.1, -0.05) is 225 Å². The minimum atomic E-state index is -1.79. The van der Waals surface area contributed by atoms with Crippen molar-refractivity contribution in [2.45, 2.75) is 267 Å². The molecule has 0 spiro atoms. The van der Waals surface area contributed by atoms with E-state index in [1.807, 2.05) is 0 Å². The number of aliphatic hydroxyl groups excluding tert-OH is 8. The first-order valence-corrected chi connectivity index (χ1v) is 31.4. The smallest absolute Gasteiger partial charge is 0.220 e. The fourth-order valence-electron chi connectivity index (χ4n) is 9.36. The second-order valence-electron chi connectivity index (χ2n) is 21.5. The summed E-state index contributed by atoms with van der Waals surface area (Å²) in [5.41, 5.74) is 0. The highest BCUT2D eigenvalue weighted by atomic mass is 16.7. The molecule has 14 nitrogen and oxygen atoms in total. The molecule has 82 heavy (non-hydrogen) atoms. The lowest BCUT2D eigenvalue weighted by Gasteiger charge is -2.46. The van der Waals surface area contributed by atoms with E-state index in [1.54, 1.807) is 0 Å². The van der Waals surface area contributed by atoms with Crippen LogP contribution in [0.25, 0.3) is 0 Å². The summed E-state index contributed by atoms with van der Waals surface area (Å²) in [6.07, 6.45) is 59.4. The third kappa shape index (κ3) is 36.1. The molecule has 0 aromatic heterocycles. The Morgan fingerprint density at radius 3 is 1.29 bits per heavy atom. The largest absolute Gasteiger partial charge is 0.394 e. The van der Waals surface area contributed by atoms with Crippen LogP contribution in [0.4, 0.5) is 0 Å². The number of carbonyl (C=O) groups excluding carboxylic acids is 1. The van der Waals surface area contributed by atoms with Gasteiger partial charge in [0.1, 0.15) is 48.8 Å². The molecule has 12 atom stereocenters. The molecule has 2 rings (SSSR count). The molecule has 1 amide bonds. The average Bonchev–Trinajstić information content (AvgIpc) is 3.65. The second-order valence-corrected chi connectivity index (χ2v) is 21.5. The summed E-state index contributed by atoms with van der Waals surface area (Å²) in [5, 5.41) is 86.8. The molecule has 12 unspecified atom stereocenters. The minimum Gasteiger partial charge on any atom is -0.394 e. The quantitative estimate of drug-likeness (QED) is 0.0204. The first kappa shape index (κ1) is 74.2. The Hall–Kier alpha value is -3.87. The highest BCUT2D eigenvalue weighted by molar-refractivity contribution is 5.76. The predicted octanol–water partition coefficient (Wildman–Crippen LogP) is 11.6. The normalized spacial score (nSPS) is 24.9. The van der Waals surface area contributed by atoms with Crippen LogP contribution < -0.4 is 5.32 Å². The van der Waals surface area contributed by atoms with Crippen LogP contribution in [0.2, 0.25) is 0 Å². The van der Waals surface area contributed by atoms with Gasteiger partial charge in [0, 0.05) is 6.42 Å². The van der Waals surface area contributed by atoms with Gasteiger partial charge in [0.15, 0.2) is 12.6 Å². The topological polar surface area (TPSA) is 228 Å². The summed E-state index contributed by atoms with van der Waals surface area (Å²) in [4.78, 5) is 13.2. The molecule has 14 heteroatoms. The third-order valence-corrected chi connectivity index (χ3v) is 14.4. The van der Waals surface area contributed by atoms with Crippen LogP contribution in [-0.2, 0) is 23.7 Å². The molecule has 0 aliphatic carbocycles. The lowest BCUT2D eigenvalue weighted by Crippen LogP contribution is -2.65. The van der Waals surface area contributed by atoms with Crippen LogP contribution in [0.3, 0.4) is 0 Å². The molecule has 2 fully saturated rings. The number of hydrogen-bond acceptors (Lipinski definition) is 13. The van der Waals surface area contributed by atoms with E-state index in [0.717, 1.165) is 141 Å². The molecule has 0 saturated carbocycles. The maximum atomic E-state index is 13.2. The Morgan fingerprint density at radius 2 is 0.841 bits per heavy atom. The highest BCUT2D eigenvalue weighted by Crippen LogP contribution is 2.30. The Labute approximate surface area is 494 Å². The number of aliphatic hydroxyl groups is 8. The van der Waals surface area contributed by atoms with E-state index in [9.17, 15) is 45.6 Å². The molecule has 2 saturated heterocycles. The molecule has 466 valence electrons. The lowest BCUT2D eigenvalue weighted by atomic mass is 9.97. The molecule has 0 bridgehead atoms. The first-order valence-electron chi connectivity index (χ1n) is 31.4. The number of rotatable bonds is 48. The number of nitrogens with one attached hydrogen (secondary N) is 1. The van der Waals surface area contributed by atoms with Gasteiger partial charge in [0.05, 0.1) is 32.0 Å². The molecular formula is C68H111NO13. The third-order valence-electron chi connectivity index (χ3n) is 14.4. The van der Waals surface area contributed by atoms with Crippen LogP contribution in [-0.4, -0.2) is 140 Å². The van der Waals surface area contributed by atoms with Crippen LogP contribution in [0, 0.1) is 0 Å². The maximum Gasteiger partial charge on any atom is 0.220 e. The standard InChI is InChI=1S/C68H111NO13/c1-3-5-7-9-11-12-13-14-15-16-17-18-19-20-21-22-23-24-25-26-27-28-29-30-31-32-33-34-35-36-37-38-39-40-41-42-43-44-46-48-50-52-60(73)69-56(57(72)51-49-47-45-10-8-6-4-2)55-79-67-65(78)63(76)66(59(54-71)81-67)82-68-64(77)62(75)61(74)58(53-70)80-68/h5,7,11-12,14-15,17-18,20-21,23-24,26-27,29-30,32-33,35-36,38-39,56-59,61-68,70-72,74-78H,3-4,6,8-10,13,16,19,22,25,28,31,34,37,40-55H2,1-2H3,(H,69,73)/b7-5-,12-11-,15-14-,18-17-,21-20-,24-23-,27-26-,30-29-,33-32-,36-35-,39-38-. The Kier molecular flexibility index (Phi) is 46.7. The van der Waals surface area contributed by atoms with E-state index in [2.05, 4.69) is 153 Å². The SMILES string of the molecule is CC/C=C\C/C=C\C/C=C\C/C=C\C/C=C\C/C=C\C/C=C\C/C=C\C/C=C\C/C=C\C/C=C\CCCCCCCCCC(=O)NC(COC1OC(CO)C(OC2OC(CO)C(O)C(O)C2O)C(O)C1O)C(O)CCCCCCCCC. The van der Waals surface area contributed by atoms with Crippen molar-refractivity contribution in [1.29, 1.82) is 0 Å². The highest BCUT2D eigenvalue weighted by Gasteiger charge is 2.51. The zero-order valence-electron chi connectivity index (χ0n) is 50.2. The Morgan fingerprint density at radius 1 is 0.451 bits per heavy atom. The molecule has 2 aliphatic heterocycles. The number of allylic oxidation sites excluding steroid dienone is 22. The van der Waals surface area contributed by atoms with E-state index < -0.39 is 86.8 Å². The average molecular weight is 1150 g/mol. The van der Waals surface area contributed by atoms with Gasteiger partial charge in [-0.25, -0.2) is 0 Å².